The molecule has 114 valence electrons. The van der Waals surface area contributed by atoms with Crippen molar-refractivity contribution in [2.24, 2.45) is 5.41 Å². The Kier molecular flexibility index (Phi) is 4.49. The van der Waals surface area contributed by atoms with E-state index < -0.39 is 17.4 Å². The van der Waals surface area contributed by atoms with Gasteiger partial charge in [0, 0.05) is 20.2 Å². The minimum Gasteiger partial charge on any atom is -0.481 e. The van der Waals surface area contributed by atoms with Crippen LogP contribution in [0.25, 0.3) is 0 Å². The van der Waals surface area contributed by atoms with Gasteiger partial charge in [-0.15, -0.1) is 0 Å². The van der Waals surface area contributed by atoms with E-state index in [1.54, 1.807) is 14.0 Å². The second-order valence-corrected chi connectivity index (χ2v) is 5.76. The maximum absolute atomic E-state index is 12.1. The molecule has 2 N–H and O–H groups in total. The minimum absolute atomic E-state index is 0.0800. The highest BCUT2D eigenvalue weighted by atomic mass is 16.5. The van der Waals surface area contributed by atoms with Crippen molar-refractivity contribution in [2.75, 3.05) is 33.4 Å². The summed E-state index contributed by atoms with van der Waals surface area (Å²) in [6.07, 6.45) is 2.06. The minimum atomic E-state index is -1.07. The van der Waals surface area contributed by atoms with E-state index in [0.717, 1.165) is 19.4 Å². The molecule has 20 heavy (non-hydrogen) atoms. The van der Waals surface area contributed by atoms with Gasteiger partial charge >= 0.3 is 12.0 Å². The molecule has 2 heterocycles. The maximum atomic E-state index is 12.1. The Labute approximate surface area is 118 Å². The maximum Gasteiger partial charge on any atom is 0.317 e. The molecule has 2 amide bonds. The number of hydrogen-bond donors (Lipinski definition) is 2. The number of carboxylic acids is 1. The first-order valence-corrected chi connectivity index (χ1v) is 6.88. The standard InChI is InChI=1S/C13H22N2O5/c1-13(11(16)17)8-19-7-10(13)14-12(18)15(2)6-9-4-3-5-20-9/h9-10H,3-8H2,1-2H3,(H,14,18)(H,16,17). The lowest BCUT2D eigenvalue weighted by Gasteiger charge is -2.28. The van der Waals surface area contributed by atoms with E-state index >= 15 is 0 Å². The molecule has 7 nitrogen and oxygen atoms in total. The van der Waals surface area contributed by atoms with Gasteiger partial charge in [0.2, 0.25) is 0 Å². The van der Waals surface area contributed by atoms with Crippen LogP contribution in [0.1, 0.15) is 19.8 Å². The number of carbonyl (C=O) groups is 2. The molecule has 0 aromatic carbocycles. The number of urea groups is 1. The van der Waals surface area contributed by atoms with Crippen LogP contribution in [0.3, 0.4) is 0 Å². The van der Waals surface area contributed by atoms with Gasteiger partial charge in [0.1, 0.15) is 5.41 Å². The van der Waals surface area contributed by atoms with E-state index in [-0.39, 0.29) is 25.3 Å². The van der Waals surface area contributed by atoms with Crippen LogP contribution in [0, 0.1) is 5.41 Å². The van der Waals surface area contributed by atoms with Crippen molar-refractivity contribution in [1.82, 2.24) is 10.2 Å². The fourth-order valence-corrected chi connectivity index (χ4v) is 2.52. The molecule has 2 saturated heterocycles. The molecule has 2 aliphatic heterocycles. The monoisotopic (exact) mass is 286 g/mol. The Morgan fingerprint density at radius 2 is 2.25 bits per heavy atom. The number of carbonyl (C=O) groups excluding carboxylic acids is 1. The quantitative estimate of drug-likeness (QED) is 0.776. The molecule has 2 aliphatic rings. The van der Waals surface area contributed by atoms with Gasteiger partial charge in [0.05, 0.1) is 25.4 Å². The molecular weight excluding hydrogens is 264 g/mol. The Morgan fingerprint density at radius 1 is 1.50 bits per heavy atom. The molecule has 0 radical (unpaired) electrons. The van der Waals surface area contributed by atoms with E-state index in [1.807, 2.05) is 0 Å². The fourth-order valence-electron chi connectivity index (χ4n) is 2.52. The number of carboxylic acid groups (broad SMARTS) is 1. The molecule has 2 fully saturated rings. The molecule has 3 unspecified atom stereocenters. The van der Waals surface area contributed by atoms with Crippen LogP contribution < -0.4 is 5.32 Å². The predicted molar refractivity (Wildman–Crippen MR) is 70.5 cm³/mol. The fraction of sp³-hybridized carbons (Fsp3) is 0.846. The molecular formula is C13H22N2O5. The number of nitrogens with zero attached hydrogens (tertiary/aromatic N) is 1. The van der Waals surface area contributed by atoms with Gasteiger partial charge < -0.3 is 24.8 Å². The summed E-state index contributed by atoms with van der Waals surface area (Å²) >= 11 is 0. The van der Waals surface area contributed by atoms with Gasteiger partial charge in [-0.25, -0.2) is 4.79 Å². The third kappa shape index (κ3) is 3.04. The number of amides is 2. The first kappa shape index (κ1) is 15.1. The topological polar surface area (TPSA) is 88.1 Å². The average Bonchev–Trinajstić information content (AvgIpc) is 3.01. The highest BCUT2D eigenvalue weighted by Gasteiger charge is 2.47. The molecule has 0 aromatic rings. The zero-order valence-electron chi connectivity index (χ0n) is 11.9. The first-order valence-electron chi connectivity index (χ1n) is 6.88. The second kappa shape index (κ2) is 5.97. The van der Waals surface area contributed by atoms with Gasteiger partial charge in [-0.05, 0) is 19.8 Å². The van der Waals surface area contributed by atoms with Gasteiger partial charge in [-0.2, -0.15) is 0 Å². The zero-order valence-corrected chi connectivity index (χ0v) is 11.9. The molecule has 0 aromatic heterocycles. The molecule has 0 aliphatic carbocycles. The van der Waals surface area contributed by atoms with E-state index in [2.05, 4.69) is 5.32 Å². The lowest BCUT2D eigenvalue weighted by Crippen LogP contribution is -2.53. The van der Waals surface area contributed by atoms with Gasteiger partial charge in [-0.3, -0.25) is 4.79 Å². The van der Waals surface area contributed by atoms with Crippen LogP contribution in [0.4, 0.5) is 4.79 Å². The Hall–Kier alpha value is -1.34. The number of aliphatic carboxylic acids is 1. The summed E-state index contributed by atoms with van der Waals surface area (Å²) in [7, 11) is 1.69. The van der Waals surface area contributed by atoms with Crippen molar-refractivity contribution >= 4 is 12.0 Å². The Balaban J connectivity index is 1.88. The van der Waals surface area contributed by atoms with Crippen molar-refractivity contribution in [3.8, 4) is 0 Å². The number of rotatable bonds is 4. The highest BCUT2D eigenvalue weighted by molar-refractivity contribution is 5.79. The van der Waals surface area contributed by atoms with Crippen molar-refractivity contribution in [1.29, 1.82) is 0 Å². The van der Waals surface area contributed by atoms with Crippen LogP contribution in [-0.4, -0.2) is 67.6 Å². The summed E-state index contributed by atoms with van der Waals surface area (Å²) in [5, 5.41) is 12.0. The molecule has 7 heteroatoms. The third-order valence-corrected chi connectivity index (χ3v) is 4.09. The second-order valence-electron chi connectivity index (χ2n) is 5.76. The largest absolute Gasteiger partial charge is 0.481 e. The van der Waals surface area contributed by atoms with E-state index in [9.17, 15) is 14.7 Å². The smallest absolute Gasteiger partial charge is 0.317 e. The summed E-state index contributed by atoms with van der Waals surface area (Å²) in [5.41, 5.74) is -1.07. The number of hydrogen-bond acceptors (Lipinski definition) is 4. The van der Waals surface area contributed by atoms with Crippen molar-refractivity contribution < 1.29 is 24.2 Å². The summed E-state index contributed by atoms with van der Waals surface area (Å²) in [4.78, 5) is 24.9. The van der Waals surface area contributed by atoms with Gasteiger partial charge in [-0.1, -0.05) is 0 Å². The van der Waals surface area contributed by atoms with Gasteiger partial charge in [0.15, 0.2) is 0 Å². The number of ether oxygens (including phenoxy) is 2. The first-order chi connectivity index (χ1) is 9.43. The molecule has 0 spiro atoms. The van der Waals surface area contributed by atoms with Crippen molar-refractivity contribution in [2.45, 2.75) is 31.9 Å². The molecule has 0 saturated carbocycles. The van der Waals surface area contributed by atoms with Gasteiger partial charge in [0.25, 0.3) is 0 Å². The Morgan fingerprint density at radius 3 is 2.85 bits per heavy atom. The van der Waals surface area contributed by atoms with Crippen LogP contribution >= 0.6 is 0 Å². The summed E-state index contributed by atoms with van der Waals surface area (Å²) < 4.78 is 10.7. The lowest BCUT2D eigenvalue weighted by atomic mass is 9.85. The number of nitrogens with one attached hydrogen (secondary N) is 1. The number of likely N-dealkylation sites (N-methyl/N-ethyl adjacent to an activating group) is 1. The lowest BCUT2D eigenvalue weighted by molar-refractivity contribution is -0.148. The van der Waals surface area contributed by atoms with E-state index in [1.165, 1.54) is 4.90 Å². The highest BCUT2D eigenvalue weighted by Crippen LogP contribution is 2.28. The molecule has 0 bridgehead atoms. The summed E-state index contributed by atoms with van der Waals surface area (Å²) in [5.74, 6) is -0.956. The van der Waals surface area contributed by atoms with Crippen LogP contribution in [0.15, 0.2) is 0 Å². The zero-order chi connectivity index (χ0) is 14.8. The van der Waals surface area contributed by atoms with E-state index in [4.69, 9.17) is 9.47 Å². The predicted octanol–water partition coefficient (Wildman–Crippen LogP) is 0.297. The normalized spacial score (nSPS) is 33.1. The van der Waals surface area contributed by atoms with Crippen LogP contribution in [0.5, 0.6) is 0 Å². The summed E-state index contributed by atoms with van der Waals surface area (Å²) in [6.45, 7) is 3.19. The van der Waals surface area contributed by atoms with Crippen molar-refractivity contribution in [3.63, 3.8) is 0 Å². The molecule has 3 atom stereocenters. The van der Waals surface area contributed by atoms with Crippen molar-refractivity contribution in [3.05, 3.63) is 0 Å². The van der Waals surface area contributed by atoms with Crippen LogP contribution in [0.2, 0.25) is 0 Å². The Bertz CT molecular complexity index is 383. The van der Waals surface area contributed by atoms with E-state index in [0.29, 0.717) is 6.54 Å². The molecule has 2 rings (SSSR count). The average molecular weight is 286 g/mol. The SMILES string of the molecule is CN(CC1CCCO1)C(=O)NC1COCC1(C)C(=O)O. The van der Waals surface area contributed by atoms with Crippen LogP contribution in [-0.2, 0) is 14.3 Å². The summed E-state index contributed by atoms with van der Waals surface area (Å²) in [6, 6.07) is -0.803. The third-order valence-electron chi connectivity index (χ3n) is 4.09.